The van der Waals surface area contributed by atoms with E-state index in [1.54, 1.807) is 59.4 Å². The summed E-state index contributed by atoms with van der Waals surface area (Å²) >= 11 is 0. The van der Waals surface area contributed by atoms with Gasteiger partial charge in [0.25, 0.3) is 0 Å². The Balaban J connectivity index is 1.25. The molecule has 1 atom stereocenters. The number of piperidine rings is 1. The van der Waals surface area contributed by atoms with Gasteiger partial charge < -0.3 is 24.0 Å². The Morgan fingerprint density at radius 2 is 1.68 bits per heavy atom. The zero-order chi connectivity index (χ0) is 24.1. The van der Waals surface area contributed by atoms with Crippen molar-refractivity contribution in [2.45, 2.75) is 29.9 Å². The molecule has 2 heterocycles. The minimum Gasteiger partial charge on any atom is -0.497 e. The SMILES string of the molecule is COc1ccc(OCC2CN(C3CCN(C(=O)CS(=O)(=O)c4ccccc4)CC3)C(=O)O2)cc1. The first-order valence-corrected chi connectivity index (χ1v) is 12.8. The van der Waals surface area contributed by atoms with E-state index in [0.717, 1.165) is 5.75 Å². The lowest BCUT2D eigenvalue weighted by Gasteiger charge is -2.35. The monoisotopic (exact) mass is 488 g/mol. The average Bonchev–Trinajstić information content (AvgIpc) is 3.24. The fourth-order valence-electron chi connectivity index (χ4n) is 4.18. The summed E-state index contributed by atoms with van der Waals surface area (Å²) < 4.78 is 41.3. The molecule has 2 aromatic carbocycles. The van der Waals surface area contributed by atoms with E-state index >= 15 is 0 Å². The zero-order valence-electron chi connectivity index (χ0n) is 19.0. The number of ether oxygens (including phenoxy) is 3. The minimum absolute atomic E-state index is 0.0618. The van der Waals surface area contributed by atoms with E-state index in [1.807, 2.05) is 0 Å². The van der Waals surface area contributed by atoms with Crippen LogP contribution in [0.4, 0.5) is 4.79 Å². The third-order valence-corrected chi connectivity index (χ3v) is 7.69. The third kappa shape index (κ3) is 5.61. The van der Waals surface area contributed by atoms with Gasteiger partial charge in [-0.25, -0.2) is 13.2 Å². The second-order valence-corrected chi connectivity index (χ2v) is 10.3. The molecule has 182 valence electrons. The van der Waals surface area contributed by atoms with Crippen LogP contribution in [0.15, 0.2) is 59.5 Å². The van der Waals surface area contributed by atoms with Crippen LogP contribution in [-0.4, -0.2) is 81.5 Å². The predicted molar refractivity (Wildman–Crippen MR) is 124 cm³/mol. The van der Waals surface area contributed by atoms with Crippen LogP contribution in [-0.2, 0) is 19.4 Å². The fourth-order valence-corrected chi connectivity index (χ4v) is 5.43. The Kier molecular flexibility index (Phi) is 7.26. The highest BCUT2D eigenvalue weighted by Gasteiger charge is 2.38. The average molecular weight is 489 g/mol. The van der Waals surface area contributed by atoms with Crippen LogP contribution in [0.5, 0.6) is 11.5 Å². The lowest BCUT2D eigenvalue weighted by Crippen LogP contribution is -2.48. The number of benzene rings is 2. The van der Waals surface area contributed by atoms with Gasteiger partial charge in [-0.05, 0) is 49.2 Å². The fraction of sp³-hybridized carbons (Fsp3) is 0.417. The molecule has 10 heteroatoms. The normalized spacial score (nSPS) is 19.1. The van der Waals surface area contributed by atoms with Gasteiger partial charge in [0.1, 0.15) is 23.9 Å². The quantitative estimate of drug-likeness (QED) is 0.562. The molecule has 4 rings (SSSR count). The minimum atomic E-state index is -3.68. The molecule has 2 aliphatic heterocycles. The topological polar surface area (TPSA) is 102 Å². The zero-order valence-corrected chi connectivity index (χ0v) is 19.8. The number of likely N-dealkylation sites (tertiary alicyclic amines) is 1. The number of nitrogens with zero attached hydrogens (tertiary/aromatic N) is 2. The molecule has 0 spiro atoms. The second kappa shape index (κ2) is 10.3. The van der Waals surface area contributed by atoms with E-state index in [-0.39, 0.29) is 29.7 Å². The van der Waals surface area contributed by atoms with Gasteiger partial charge in [-0.15, -0.1) is 0 Å². The highest BCUT2D eigenvalue weighted by molar-refractivity contribution is 7.92. The van der Waals surface area contributed by atoms with Crippen LogP contribution in [0, 0.1) is 0 Å². The molecule has 0 N–H and O–H groups in total. The molecule has 2 aliphatic rings. The molecule has 0 aromatic heterocycles. The molecular weight excluding hydrogens is 460 g/mol. The van der Waals surface area contributed by atoms with Crippen molar-refractivity contribution in [1.82, 2.24) is 9.80 Å². The van der Waals surface area contributed by atoms with Gasteiger partial charge in [-0.2, -0.15) is 0 Å². The van der Waals surface area contributed by atoms with Gasteiger partial charge in [-0.3, -0.25) is 4.79 Å². The van der Waals surface area contributed by atoms with Crippen molar-refractivity contribution in [3.05, 3.63) is 54.6 Å². The van der Waals surface area contributed by atoms with Gasteiger partial charge >= 0.3 is 6.09 Å². The number of carbonyl (C=O) groups is 2. The molecule has 34 heavy (non-hydrogen) atoms. The van der Waals surface area contributed by atoms with E-state index in [4.69, 9.17) is 14.2 Å². The Bertz CT molecular complexity index is 1100. The van der Waals surface area contributed by atoms with Gasteiger partial charge in [0.15, 0.2) is 15.9 Å². The molecule has 2 fully saturated rings. The number of rotatable bonds is 8. The predicted octanol–water partition coefficient (Wildman–Crippen LogP) is 2.36. The highest BCUT2D eigenvalue weighted by atomic mass is 32.2. The summed E-state index contributed by atoms with van der Waals surface area (Å²) in [6.07, 6.45) is 0.362. The Labute approximate surface area is 199 Å². The molecule has 0 saturated carbocycles. The summed E-state index contributed by atoms with van der Waals surface area (Å²) in [7, 11) is -2.09. The van der Waals surface area contributed by atoms with Crippen molar-refractivity contribution in [1.29, 1.82) is 0 Å². The number of carbonyl (C=O) groups excluding carboxylic acids is 2. The van der Waals surface area contributed by atoms with Crippen molar-refractivity contribution in [3.63, 3.8) is 0 Å². The summed E-state index contributed by atoms with van der Waals surface area (Å²) in [6.45, 7) is 1.44. The van der Waals surface area contributed by atoms with E-state index < -0.39 is 21.5 Å². The van der Waals surface area contributed by atoms with Crippen molar-refractivity contribution in [2.24, 2.45) is 0 Å². The van der Waals surface area contributed by atoms with Crippen LogP contribution in [0.25, 0.3) is 0 Å². The maximum atomic E-state index is 12.6. The molecule has 2 aromatic rings. The number of amides is 2. The maximum Gasteiger partial charge on any atom is 0.410 e. The number of sulfone groups is 1. The number of hydrogen-bond acceptors (Lipinski definition) is 7. The summed E-state index contributed by atoms with van der Waals surface area (Å²) in [6, 6.07) is 15.1. The van der Waals surface area contributed by atoms with Gasteiger partial charge in [0.2, 0.25) is 5.91 Å². The van der Waals surface area contributed by atoms with Crippen LogP contribution in [0.1, 0.15) is 12.8 Å². The van der Waals surface area contributed by atoms with Crippen LogP contribution in [0.3, 0.4) is 0 Å². The molecule has 2 amide bonds. The number of methoxy groups -OCH3 is 1. The van der Waals surface area contributed by atoms with E-state index in [9.17, 15) is 18.0 Å². The lowest BCUT2D eigenvalue weighted by atomic mass is 10.0. The van der Waals surface area contributed by atoms with Crippen molar-refractivity contribution >= 4 is 21.8 Å². The molecule has 0 radical (unpaired) electrons. The van der Waals surface area contributed by atoms with Crippen molar-refractivity contribution in [3.8, 4) is 11.5 Å². The molecule has 0 aliphatic carbocycles. The molecule has 1 unspecified atom stereocenters. The van der Waals surface area contributed by atoms with Crippen LogP contribution < -0.4 is 9.47 Å². The summed E-state index contributed by atoms with van der Waals surface area (Å²) in [5.74, 6) is 0.413. The summed E-state index contributed by atoms with van der Waals surface area (Å²) in [4.78, 5) is 28.4. The van der Waals surface area contributed by atoms with E-state index in [0.29, 0.717) is 38.2 Å². The van der Waals surface area contributed by atoms with E-state index in [2.05, 4.69) is 0 Å². The van der Waals surface area contributed by atoms with Crippen molar-refractivity contribution < 1.29 is 32.2 Å². The van der Waals surface area contributed by atoms with Crippen LogP contribution >= 0.6 is 0 Å². The van der Waals surface area contributed by atoms with Gasteiger partial charge in [0, 0.05) is 19.1 Å². The summed E-state index contributed by atoms with van der Waals surface area (Å²) in [5, 5.41) is 0. The van der Waals surface area contributed by atoms with E-state index in [1.165, 1.54) is 12.1 Å². The Morgan fingerprint density at radius 1 is 1.03 bits per heavy atom. The lowest BCUT2D eigenvalue weighted by molar-refractivity contribution is -0.129. The molecular formula is C24H28N2O7S. The standard InChI is InChI=1S/C24H28N2O7S/c1-31-19-7-9-20(10-8-19)32-16-21-15-26(24(28)33-21)18-11-13-25(14-12-18)23(27)17-34(29,30)22-5-3-2-4-6-22/h2-10,18,21H,11-17H2,1H3. The van der Waals surface area contributed by atoms with Gasteiger partial charge in [0.05, 0.1) is 18.6 Å². The maximum absolute atomic E-state index is 12.6. The molecule has 9 nitrogen and oxygen atoms in total. The highest BCUT2D eigenvalue weighted by Crippen LogP contribution is 2.24. The third-order valence-electron chi connectivity index (χ3n) is 6.07. The van der Waals surface area contributed by atoms with Gasteiger partial charge in [-0.1, -0.05) is 18.2 Å². The second-order valence-electron chi connectivity index (χ2n) is 8.33. The first-order valence-electron chi connectivity index (χ1n) is 11.2. The summed E-state index contributed by atoms with van der Waals surface area (Å²) in [5.41, 5.74) is 0. The first kappa shape index (κ1) is 23.9. The van der Waals surface area contributed by atoms with Crippen LogP contribution in [0.2, 0.25) is 0 Å². The largest absolute Gasteiger partial charge is 0.497 e. The smallest absolute Gasteiger partial charge is 0.410 e. The number of hydrogen-bond donors (Lipinski definition) is 0. The molecule has 2 saturated heterocycles. The first-order chi connectivity index (χ1) is 16.4. The molecule has 0 bridgehead atoms. The Hall–Kier alpha value is -3.27. The van der Waals surface area contributed by atoms with Crippen molar-refractivity contribution in [2.75, 3.05) is 39.1 Å². The number of cyclic esters (lactones) is 1. The Morgan fingerprint density at radius 3 is 2.32 bits per heavy atom.